The molecule has 1 saturated heterocycles. The number of amides is 1. The number of nitrogens with one attached hydrogen (secondary N) is 1. The largest absolute Gasteiger partial charge is 0.464 e. The maximum absolute atomic E-state index is 11.7. The van der Waals surface area contributed by atoms with Crippen molar-refractivity contribution in [3.05, 3.63) is 0 Å². The van der Waals surface area contributed by atoms with Crippen molar-refractivity contribution in [3.8, 4) is 0 Å². The Morgan fingerprint density at radius 3 is 2.70 bits per heavy atom. The van der Waals surface area contributed by atoms with E-state index in [-0.39, 0.29) is 18.3 Å². The number of rotatable bonds is 10. The van der Waals surface area contributed by atoms with E-state index in [0.29, 0.717) is 19.4 Å². The third-order valence-corrected chi connectivity index (χ3v) is 3.58. The average Bonchev–Trinajstić information content (AvgIpc) is 2.79. The molecule has 1 fully saturated rings. The van der Waals surface area contributed by atoms with Crippen molar-refractivity contribution in [1.29, 1.82) is 0 Å². The average molecular weight is 285 g/mol. The lowest BCUT2D eigenvalue weighted by atomic mass is 10.1. The molecule has 2 atom stereocenters. The molecule has 0 saturated carbocycles. The molecule has 1 heterocycles. The number of carbonyl (C=O) groups is 2. The monoisotopic (exact) mass is 285 g/mol. The number of hydrogen-bond donors (Lipinski definition) is 2. The fourth-order valence-corrected chi connectivity index (χ4v) is 2.36. The van der Waals surface area contributed by atoms with Crippen LogP contribution in [-0.2, 0) is 14.3 Å². The molecule has 5 heteroatoms. The van der Waals surface area contributed by atoms with Crippen LogP contribution in [0.5, 0.6) is 0 Å². The van der Waals surface area contributed by atoms with Crippen molar-refractivity contribution in [2.45, 2.75) is 76.9 Å². The summed E-state index contributed by atoms with van der Waals surface area (Å²) in [5.74, 6) is -0.643. The number of aliphatic hydroxyl groups is 1. The highest BCUT2D eigenvalue weighted by molar-refractivity contribution is 5.85. The Kier molecular flexibility index (Phi) is 8.26. The molecule has 2 N–H and O–H groups in total. The Balaban J connectivity index is 2.04. The second-order valence-electron chi connectivity index (χ2n) is 5.49. The molecule has 0 bridgehead atoms. The van der Waals surface area contributed by atoms with Gasteiger partial charge in [0.25, 0.3) is 0 Å². The molecule has 1 amide bonds. The van der Waals surface area contributed by atoms with Crippen LogP contribution in [0.4, 0.5) is 0 Å². The Morgan fingerprint density at radius 2 is 2.05 bits per heavy atom. The summed E-state index contributed by atoms with van der Waals surface area (Å²) in [6.07, 6.45) is 7.62. The maximum Gasteiger partial charge on any atom is 0.328 e. The second-order valence-corrected chi connectivity index (χ2v) is 5.49. The third-order valence-electron chi connectivity index (χ3n) is 3.58. The fourth-order valence-electron chi connectivity index (χ4n) is 2.36. The Labute approximate surface area is 121 Å². The standard InChI is InChI=1S/C15H27NO4/c1-2-3-4-5-6-7-8-12(17)11-14(18)16-13-9-10-20-15(13)19/h12-13,17H,2-11H2,1H3,(H,16,18). The molecule has 116 valence electrons. The van der Waals surface area contributed by atoms with Crippen LogP contribution >= 0.6 is 0 Å². The molecular weight excluding hydrogens is 258 g/mol. The van der Waals surface area contributed by atoms with Gasteiger partial charge in [-0.05, 0) is 6.42 Å². The fraction of sp³-hybridized carbons (Fsp3) is 0.867. The number of aliphatic hydroxyl groups excluding tert-OH is 1. The predicted molar refractivity (Wildman–Crippen MR) is 76.1 cm³/mol. The lowest BCUT2D eigenvalue weighted by Gasteiger charge is -2.12. The van der Waals surface area contributed by atoms with Crippen LogP contribution in [-0.4, -0.2) is 35.7 Å². The molecule has 1 rings (SSSR count). The van der Waals surface area contributed by atoms with Crippen molar-refractivity contribution < 1.29 is 19.4 Å². The Bertz CT molecular complexity index is 306. The molecule has 1 aliphatic rings. The quantitative estimate of drug-likeness (QED) is 0.475. The van der Waals surface area contributed by atoms with E-state index in [9.17, 15) is 14.7 Å². The van der Waals surface area contributed by atoms with Crippen LogP contribution in [0.1, 0.15) is 64.7 Å². The van der Waals surface area contributed by atoms with E-state index >= 15 is 0 Å². The van der Waals surface area contributed by atoms with Gasteiger partial charge >= 0.3 is 5.97 Å². The second kappa shape index (κ2) is 9.75. The minimum atomic E-state index is -0.612. The zero-order chi connectivity index (χ0) is 14.8. The van der Waals surface area contributed by atoms with Crippen molar-refractivity contribution >= 4 is 11.9 Å². The van der Waals surface area contributed by atoms with Crippen molar-refractivity contribution in [2.24, 2.45) is 0 Å². The number of hydrogen-bond acceptors (Lipinski definition) is 4. The number of unbranched alkanes of at least 4 members (excludes halogenated alkanes) is 5. The zero-order valence-electron chi connectivity index (χ0n) is 12.4. The van der Waals surface area contributed by atoms with Gasteiger partial charge in [-0.2, -0.15) is 0 Å². The molecule has 0 aromatic rings. The topological polar surface area (TPSA) is 75.6 Å². The molecule has 1 aliphatic heterocycles. The van der Waals surface area contributed by atoms with E-state index in [0.717, 1.165) is 12.8 Å². The van der Waals surface area contributed by atoms with Crippen LogP contribution < -0.4 is 5.32 Å². The first-order valence-corrected chi connectivity index (χ1v) is 7.77. The minimum Gasteiger partial charge on any atom is -0.464 e. The summed E-state index contributed by atoms with van der Waals surface area (Å²) < 4.78 is 4.77. The third kappa shape index (κ3) is 6.89. The van der Waals surface area contributed by atoms with Gasteiger partial charge in [-0.1, -0.05) is 45.4 Å². The zero-order valence-corrected chi connectivity index (χ0v) is 12.4. The first-order valence-electron chi connectivity index (χ1n) is 7.77. The summed E-state index contributed by atoms with van der Waals surface area (Å²) in [6.45, 7) is 2.55. The molecule has 2 unspecified atom stereocenters. The van der Waals surface area contributed by atoms with Crippen LogP contribution in [0.25, 0.3) is 0 Å². The number of ether oxygens (including phenoxy) is 1. The number of carbonyl (C=O) groups excluding carboxylic acids is 2. The van der Waals surface area contributed by atoms with E-state index in [1.54, 1.807) is 0 Å². The van der Waals surface area contributed by atoms with Crippen molar-refractivity contribution in [1.82, 2.24) is 5.32 Å². The summed E-state index contributed by atoms with van der Waals surface area (Å²) in [6, 6.07) is -0.524. The number of esters is 1. The molecule has 0 aromatic carbocycles. The van der Waals surface area contributed by atoms with Gasteiger partial charge < -0.3 is 15.2 Å². The molecule has 0 aliphatic carbocycles. The highest BCUT2D eigenvalue weighted by Gasteiger charge is 2.28. The normalized spacial score (nSPS) is 19.7. The molecule has 0 radical (unpaired) electrons. The van der Waals surface area contributed by atoms with Gasteiger partial charge in [0.05, 0.1) is 19.1 Å². The summed E-state index contributed by atoms with van der Waals surface area (Å²) in [7, 11) is 0. The van der Waals surface area contributed by atoms with Crippen LogP contribution in [0, 0.1) is 0 Å². The van der Waals surface area contributed by atoms with Crippen LogP contribution in [0.2, 0.25) is 0 Å². The smallest absolute Gasteiger partial charge is 0.328 e. The van der Waals surface area contributed by atoms with Gasteiger partial charge in [0.15, 0.2) is 0 Å². The van der Waals surface area contributed by atoms with Gasteiger partial charge in [-0.25, -0.2) is 4.79 Å². The SMILES string of the molecule is CCCCCCCCC(O)CC(=O)NC1CCOC1=O. The summed E-state index contributed by atoms with van der Waals surface area (Å²) in [4.78, 5) is 22.8. The van der Waals surface area contributed by atoms with E-state index < -0.39 is 12.1 Å². The van der Waals surface area contributed by atoms with Gasteiger partial charge in [0, 0.05) is 6.42 Å². The predicted octanol–water partition coefficient (Wildman–Crippen LogP) is 1.92. The van der Waals surface area contributed by atoms with Gasteiger partial charge in [-0.3, -0.25) is 4.79 Å². The highest BCUT2D eigenvalue weighted by Crippen LogP contribution is 2.11. The van der Waals surface area contributed by atoms with Crippen molar-refractivity contribution in [3.63, 3.8) is 0 Å². The van der Waals surface area contributed by atoms with Gasteiger partial charge in [0.2, 0.25) is 5.91 Å². The first kappa shape index (κ1) is 17.0. The van der Waals surface area contributed by atoms with Crippen molar-refractivity contribution in [2.75, 3.05) is 6.61 Å². The molecule has 20 heavy (non-hydrogen) atoms. The lowest BCUT2D eigenvalue weighted by Crippen LogP contribution is -2.39. The van der Waals surface area contributed by atoms with Gasteiger partial charge in [-0.15, -0.1) is 0 Å². The van der Waals surface area contributed by atoms with Crippen LogP contribution in [0.15, 0.2) is 0 Å². The van der Waals surface area contributed by atoms with Crippen LogP contribution in [0.3, 0.4) is 0 Å². The summed E-state index contributed by atoms with van der Waals surface area (Å²) >= 11 is 0. The van der Waals surface area contributed by atoms with E-state index in [2.05, 4.69) is 12.2 Å². The lowest BCUT2D eigenvalue weighted by molar-refractivity contribution is -0.141. The van der Waals surface area contributed by atoms with Gasteiger partial charge in [0.1, 0.15) is 6.04 Å². The molecular formula is C15H27NO4. The van der Waals surface area contributed by atoms with E-state index in [1.165, 1.54) is 25.7 Å². The number of cyclic esters (lactones) is 1. The molecule has 0 spiro atoms. The van der Waals surface area contributed by atoms with E-state index in [4.69, 9.17) is 4.74 Å². The Hall–Kier alpha value is -1.10. The molecule has 5 nitrogen and oxygen atoms in total. The highest BCUT2D eigenvalue weighted by atomic mass is 16.5. The Morgan fingerprint density at radius 1 is 1.35 bits per heavy atom. The maximum atomic E-state index is 11.7. The summed E-state index contributed by atoms with van der Waals surface area (Å²) in [5.41, 5.74) is 0. The molecule has 0 aromatic heterocycles. The minimum absolute atomic E-state index is 0.0682. The van der Waals surface area contributed by atoms with E-state index in [1.807, 2.05) is 0 Å². The summed E-state index contributed by atoms with van der Waals surface area (Å²) in [5, 5.41) is 12.4. The first-order chi connectivity index (χ1) is 9.63.